The number of rotatable bonds is 6. The summed E-state index contributed by atoms with van der Waals surface area (Å²) in [6.07, 6.45) is 23.8. The molecule has 3 fully saturated rings. The lowest BCUT2D eigenvalue weighted by Gasteiger charge is -2.63. The SMILES string of the molecule is C/C=C\C1CCC2(C)C(=CCC3(N)C2CCC2(C)C(CCCCC(C)C)CCC23)C1.CC. The fraction of sp³-hybridized carbons (Fsp3) is 0.871. The van der Waals surface area contributed by atoms with Gasteiger partial charge in [0.2, 0.25) is 0 Å². The van der Waals surface area contributed by atoms with Crippen molar-refractivity contribution >= 4 is 0 Å². The summed E-state index contributed by atoms with van der Waals surface area (Å²) in [6.45, 7) is 16.1. The van der Waals surface area contributed by atoms with Gasteiger partial charge in [0.25, 0.3) is 0 Å². The number of allylic oxidation sites excluding steroid dienone is 3. The Labute approximate surface area is 201 Å². The molecule has 0 aliphatic heterocycles. The Morgan fingerprint density at radius 1 is 1.03 bits per heavy atom. The highest BCUT2D eigenvalue weighted by molar-refractivity contribution is 5.31. The molecule has 0 aromatic rings. The second-order valence-corrected chi connectivity index (χ2v) is 12.6. The minimum Gasteiger partial charge on any atom is -0.324 e. The molecule has 0 aromatic carbocycles. The lowest BCUT2D eigenvalue weighted by atomic mass is 9.44. The summed E-state index contributed by atoms with van der Waals surface area (Å²) in [5, 5.41) is 0. The quantitative estimate of drug-likeness (QED) is 0.323. The van der Waals surface area contributed by atoms with Gasteiger partial charge in [0.1, 0.15) is 0 Å². The van der Waals surface area contributed by atoms with E-state index in [1.807, 2.05) is 13.8 Å². The van der Waals surface area contributed by atoms with Gasteiger partial charge in [-0.25, -0.2) is 0 Å². The molecule has 0 spiro atoms. The third-order valence-corrected chi connectivity index (χ3v) is 10.6. The molecule has 3 saturated carbocycles. The zero-order valence-electron chi connectivity index (χ0n) is 22.7. The molecule has 7 atom stereocenters. The Kier molecular flexibility index (Phi) is 8.44. The fourth-order valence-corrected chi connectivity index (χ4v) is 8.87. The van der Waals surface area contributed by atoms with Crippen molar-refractivity contribution < 1.29 is 0 Å². The van der Waals surface area contributed by atoms with Crippen LogP contribution in [0.3, 0.4) is 0 Å². The molecule has 184 valence electrons. The minimum atomic E-state index is 0.0470. The predicted molar refractivity (Wildman–Crippen MR) is 142 cm³/mol. The lowest BCUT2D eigenvalue weighted by molar-refractivity contribution is -0.0629. The Morgan fingerprint density at radius 3 is 2.47 bits per heavy atom. The van der Waals surface area contributed by atoms with E-state index in [4.69, 9.17) is 5.73 Å². The van der Waals surface area contributed by atoms with Gasteiger partial charge < -0.3 is 5.73 Å². The van der Waals surface area contributed by atoms with Gasteiger partial charge in [-0.15, -0.1) is 0 Å². The topological polar surface area (TPSA) is 26.0 Å². The van der Waals surface area contributed by atoms with E-state index in [1.54, 1.807) is 5.57 Å². The Hall–Kier alpha value is -0.560. The molecule has 1 nitrogen and oxygen atoms in total. The van der Waals surface area contributed by atoms with E-state index in [-0.39, 0.29) is 5.54 Å². The highest BCUT2D eigenvalue weighted by Gasteiger charge is 2.63. The van der Waals surface area contributed by atoms with Crippen LogP contribution in [0.25, 0.3) is 0 Å². The maximum atomic E-state index is 7.52. The van der Waals surface area contributed by atoms with Gasteiger partial charge in [0.15, 0.2) is 0 Å². The van der Waals surface area contributed by atoms with Crippen LogP contribution in [0.2, 0.25) is 0 Å². The highest BCUT2D eigenvalue weighted by Crippen LogP contribution is 2.67. The van der Waals surface area contributed by atoms with Crippen LogP contribution in [-0.4, -0.2) is 5.54 Å². The van der Waals surface area contributed by atoms with Crippen molar-refractivity contribution in [1.82, 2.24) is 0 Å². The minimum absolute atomic E-state index is 0.0470. The molecular formula is C31H55N. The molecule has 4 rings (SSSR count). The van der Waals surface area contributed by atoms with Gasteiger partial charge in [-0.3, -0.25) is 0 Å². The van der Waals surface area contributed by atoms with Crippen LogP contribution in [0.1, 0.15) is 126 Å². The number of hydrogen-bond acceptors (Lipinski definition) is 1. The predicted octanol–water partition coefficient (Wildman–Crippen LogP) is 9.08. The molecule has 0 saturated heterocycles. The van der Waals surface area contributed by atoms with Gasteiger partial charge >= 0.3 is 0 Å². The van der Waals surface area contributed by atoms with E-state index >= 15 is 0 Å². The van der Waals surface area contributed by atoms with E-state index in [2.05, 4.69) is 52.8 Å². The first-order valence-corrected chi connectivity index (χ1v) is 14.3. The van der Waals surface area contributed by atoms with Crippen molar-refractivity contribution in [2.24, 2.45) is 46.2 Å². The monoisotopic (exact) mass is 441 g/mol. The first kappa shape index (κ1) is 26.1. The summed E-state index contributed by atoms with van der Waals surface area (Å²) in [4.78, 5) is 0. The summed E-state index contributed by atoms with van der Waals surface area (Å²) >= 11 is 0. The zero-order chi connectivity index (χ0) is 23.6. The maximum Gasteiger partial charge on any atom is 0.0260 e. The standard InChI is InChI=1S/C29H49N.C2H6/c1-6-9-22-14-17-28(5)24(20-22)15-19-29(30)25-13-12-23(11-8-7-10-21(2)3)27(25,4)18-16-26(28)29;1-2/h6,9,15,21-23,25-26H,7-8,10-14,16-20,30H2,1-5H3;1-2H3/b9-6-;. The van der Waals surface area contributed by atoms with E-state index in [0.717, 1.165) is 30.1 Å². The van der Waals surface area contributed by atoms with Crippen LogP contribution in [0.4, 0.5) is 0 Å². The molecule has 32 heavy (non-hydrogen) atoms. The second-order valence-electron chi connectivity index (χ2n) is 12.6. The van der Waals surface area contributed by atoms with Crippen LogP contribution < -0.4 is 5.73 Å². The average molecular weight is 442 g/mol. The molecule has 2 N–H and O–H groups in total. The number of nitrogens with two attached hydrogens (primary N) is 1. The molecular weight excluding hydrogens is 386 g/mol. The fourth-order valence-electron chi connectivity index (χ4n) is 8.87. The molecule has 0 heterocycles. The first-order valence-electron chi connectivity index (χ1n) is 14.3. The third-order valence-electron chi connectivity index (χ3n) is 10.6. The first-order chi connectivity index (χ1) is 15.2. The van der Waals surface area contributed by atoms with Crippen molar-refractivity contribution in [2.45, 2.75) is 131 Å². The van der Waals surface area contributed by atoms with Gasteiger partial charge in [-0.2, -0.15) is 0 Å². The zero-order valence-corrected chi connectivity index (χ0v) is 22.7. The summed E-state index contributed by atoms with van der Waals surface area (Å²) < 4.78 is 0. The Bertz CT molecular complexity index is 674. The summed E-state index contributed by atoms with van der Waals surface area (Å²) in [5.74, 6) is 3.97. The van der Waals surface area contributed by atoms with Gasteiger partial charge in [0, 0.05) is 5.54 Å². The normalized spacial score (nSPS) is 43.2. The van der Waals surface area contributed by atoms with Crippen molar-refractivity contribution in [1.29, 1.82) is 0 Å². The number of hydrogen-bond donors (Lipinski definition) is 1. The smallest absolute Gasteiger partial charge is 0.0260 e. The van der Waals surface area contributed by atoms with Crippen LogP contribution in [0.5, 0.6) is 0 Å². The second kappa shape index (κ2) is 10.4. The van der Waals surface area contributed by atoms with Crippen LogP contribution >= 0.6 is 0 Å². The van der Waals surface area contributed by atoms with E-state index in [0.29, 0.717) is 16.7 Å². The lowest BCUT2D eigenvalue weighted by Crippen LogP contribution is -2.65. The molecule has 0 amide bonds. The van der Waals surface area contributed by atoms with Crippen molar-refractivity contribution in [3.63, 3.8) is 0 Å². The van der Waals surface area contributed by atoms with E-state index in [1.165, 1.54) is 70.6 Å². The molecule has 4 aliphatic rings. The van der Waals surface area contributed by atoms with Crippen molar-refractivity contribution in [3.05, 3.63) is 23.8 Å². The van der Waals surface area contributed by atoms with Crippen molar-refractivity contribution in [3.8, 4) is 0 Å². The highest BCUT2D eigenvalue weighted by atomic mass is 14.9. The van der Waals surface area contributed by atoms with Gasteiger partial charge in [0.05, 0.1) is 0 Å². The largest absolute Gasteiger partial charge is 0.324 e. The van der Waals surface area contributed by atoms with Crippen LogP contribution in [-0.2, 0) is 0 Å². The third kappa shape index (κ3) is 4.54. The van der Waals surface area contributed by atoms with Gasteiger partial charge in [-0.1, -0.05) is 84.6 Å². The molecule has 0 radical (unpaired) electrons. The van der Waals surface area contributed by atoms with Gasteiger partial charge in [-0.05, 0) is 105 Å². The molecule has 7 unspecified atom stereocenters. The molecule has 0 aromatic heterocycles. The Morgan fingerprint density at radius 2 is 1.78 bits per heavy atom. The summed E-state index contributed by atoms with van der Waals surface area (Å²) in [6, 6.07) is 0. The summed E-state index contributed by atoms with van der Waals surface area (Å²) in [7, 11) is 0. The number of fused-ring (bicyclic) bond motifs is 5. The van der Waals surface area contributed by atoms with E-state index < -0.39 is 0 Å². The number of unbranched alkanes of at least 4 members (excludes halogenated alkanes) is 1. The van der Waals surface area contributed by atoms with E-state index in [9.17, 15) is 0 Å². The van der Waals surface area contributed by atoms with Crippen LogP contribution in [0, 0.1) is 40.4 Å². The van der Waals surface area contributed by atoms with Crippen LogP contribution in [0.15, 0.2) is 23.8 Å². The summed E-state index contributed by atoms with van der Waals surface area (Å²) in [5.41, 5.74) is 10.2. The molecule has 4 aliphatic carbocycles. The maximum absolute atomic E-state index is 7.52. The molecule has 0 bridgehead atoms. The Balaban J connectivity index is 0.00000141. The van der Waals surface area contributed by atoms with Crippen molar-refractivity contribution in [2.75, 3.05) is 0 Å². The average Bonchev–Trinajstić information content (AvgIpc) is 3.10. The molecule has 1 heteroatoms.